The lowest BCUT2D eigenvalue weighted by Gasteiger charge is -2.23. The zero-order valence-electron chi connectivity index (χ0n) is 27.2. The maximum absolute atomic E-state index is 13.3. The van der Waals surface area contributed by atoms with Crippen LogP contribution in [0.3, 0.4) is 0 Å². The Morgan fingerprint density at radius 2 is 0.922 bits per heavy atom. The van der Waals surface area contributed by atoms with Crippen molar-refractivity contribution in [3.8, 4) is 11.5 Å². The summed E-state index contributed by atoms with van der Waals surface area (Å²) >= 11 is 19.5. The molecule has 6 rings (SSSR count). The second-order valence-corrected chi connectivity index (χ2v) is 16.4. The quantitative estimate of drug-likeness (QED) is 0.0540. The molecule has 0 spiro atoms. The predicted octanol–water partition coefficient (Wildman–Crippen LogP) is 11.2. The number of para-hydroxylation sites is 2. The van der Waals surface area contributed by atoms with Crippen molar-refractivity contribution < 1.29 is 18.4 Å². The van der Waals surface area contributed by atoms with Crippen molar-refractivity contribution >= 4 is 77.5 Å². The molecule has 6 aromatic carbocycles. The first-order valence-corrected chi connectivity index (χ1v) is 19.9. The van der Waals surface area contributed by atoms with E-state index >= 15 is 0 Å². The van der Waals surface area contributed by atoms with Crippen LogP contribution < -0.4 is 8.85 Å². The van der Waals surface area contributed by atoms with Gasteiger partial charge in [0.2, 0.25) is 0 Å². The third-order valence-electron chi connectivity index (χ3n) is 7.59. The average Bonchev–Trinajstić information content (AvgIpc) is 3.14. The molecule has 51 heavy (non-hydrogen) atoms. The summed E-state index contributed by atoms with van der Waals surface area (Å²) in [5, 5.41) is 0.857. The summed E-state index contributed by atoms with van der Waals surface area (Å²) in [5.41, 5.74) is 3.96. The molecule has 0 radical (unpaired) electrons. The highest BCUT2D eigenvalue weighted by Crippen LogP contribution is 2.31. The minimum Gasteiger partial charge on any atom is -0.501 e. The number of hydrogen-bond acceptors (Lipinski definition) is 6. The number of aliphatic imine (C=N–C) groups is 2. The predicted molar refractivity (Wildman–Crippen MR) is 209 cm³/mol. The maximum atomic E-state index is 13.3. The Labute approximate surface area is 311 Å². The lowest BCUT2D eigenvalue weighted by atomic mass is 10.0. The Morgan fingerprint density at radius 1 is 0.549 bits per heavy atom. The van der Waals surface area contributed by atoms with Gasteiger partial charge in [-0.3, -0.25) is 19.6 Å². The first-order chi connectivity index (χ1) is 24.7. The van der Waals surface area contributed by atoms with E-state index in [1.54, 1.807) is 116 Å². The first kappa shape index (κ1) is 35.5. The van der Waals surface area contributed by atoms with Crippen molar-refractivity contribution in [3.05, 3.63) is 189 Å². The van der Waals surface area contributed by atoms with E-state index in [9.17, 15) is 9.59 Å². The molecule has 0 aliphatic heterocycles. The van der Waals surface area contributed by atoms with Crippen LogP contribution in [0.1, 0.15) is 43.0 Å². The van der Waals surface area contributed by atoms with Crippen LogP contribution in [0.25, 0.3) is 0 Å². The van der Waals surface area contributed by atoms with Crippen LogP contribution in [0.5, 0.6) is 11.5 Å². The van der Waals surface area contributed by atoms with Crippen molar-refractivity contribution in [1.82, 2.24) is 0 Å². The summed E-state index contributed by atoms with van der Waals surface area (Å²) in [6.45, 7) is 1.71. The molecule has 0 saturated heterocycles. The monoisotopic (exact) mass is 746 g/mol. The van der Waals surface area contributed by atoms with E-state index in [0.29, 0.717) is 66.3 Å². The van der Waals surface area contributed by atoms with Crippen LogP contribution >= 0.6 is 34.3 Å². The topological polar surface area (TPSA) is 77.3 Å². The van der Waals surface area contributed by atoms with Gasteiger partial charge < -0.3 is 8.85 Å². The molecule has 6 nitrogen and oxygen atoms in total. The molecule has 6 aromatic rings. The minimum atomic E-state index is -3.42. The van der Waals surface area contributed by atoms with Crippen LogP contribution in [-0.4, -0.2) is 31.9 Å². The lowest BCUT2D eigenvalue weighted by molar-refractivity contribution is 0.103. The summed E-state index contributed by atoms with van der Waals surface area (Å²) in [4.78, 5) is 35.9. The largest absolute Gasteiger partial charge is 0.566 e. The highest BCUT2D eigenvalue weighted by atomic mass is 35.6. The van der Waals surface area contributed by atoms with Crippen LogP contribution in [-0.2, 0) is 0 Å². The highest BCUT2D eigenvalue weighted by Gasteiger charge is 2.35. The molecule has 0 N–H and O–H groups in total. The van der Waals surface area contributed by atoms with Crippen LogP contribution in [0.15, 0.2) is 156 Å². The molecular weight excluding hydrogens is 719 g/mol. The van der Waals surface area contributed by atoms with E-state index in [-0.39, 0.29) is 11.6 Å². The number of benzene rings is 6. The fraction of sp³-hybridized carbons (Fsp3) is 0.0244. The molecular formula is C41H29Cl3N2O4Si. The Bertz CT molecular complexity index is 2100. The molecule has 0 saturated carbocycles. The number of halogens is 3. The van der Waals surface area contributed by atoms with E-state index in [2.05, 4.69) is 9.98 Å². The Kier molecular flexibility index (Phi) is 11.2. The van der Waals surface area contributed by atoms with Crippen LogP contribution in [0.4, 0.5) is 11.4 Å². The fourth-order valence-electron chi connectivity index (χ4n) is 5.15. The molecule has 10 heteroatoms. The number of carbonyl (C=O) groups excluding carboxylic acids is 2. The van der Waals surface area contributed by atoms with Gasteiger partial charge in [-0.25, -0.2) is 0 Å². The van der Waals surface area contributed by atoms with E-state index in [4.69, 9.17) is 43.1 Å². The smallest absolute Gasteiger partial charge is 0.501 e. The molecule has 0 atom stereocenters. The van der Waals surface area contributed by atoms with Crippen molar-refractivity contribution in [2.45, 2.75) is 6.55 Å². The zero-order chi connectivity index (χ0) is 35.8. The van der Waals surface area contributed by atoms with Crippen molar-refractivity contribution in [2.75, 3.05) is 0 Å². The van der Waals surface area contributed by atoms with Gasteiger partial charge in [-0.1, -0.05) is 119 Å². The van der Waals surface area contributed by atoms with Gasteiger partial charge in [-0.05, 0) is 60.7 Å². The number of ketones is 2. The van der Waals surface area contributed by atoms with E-state index in [1.807, 2.05) is 48.5 Å². The van der Waals surface area contributed by atoms with Crippen LogP contribution in [0.2, 0.25) is 16.6 Å². The third-order valence-corrected chi connectivity index (χ3v) is 9.69. The molecule has 0 unspecified atom stereocenters. The Hall–Kier alpha value is -5.31. The zero-order valence-corrected chi connectivity index (χ0v) is 30.4. The van der Waals surface area contributed by atoms with Gasteiger partial charge in [0, 0.05) is 62.4 Å². The first-order valence-electron chi connectivity index (χ1n) is 15.8. The number of hydrogen-bond donors (Lipinski definition) is 0. The van der Waals surface area contributed by atoms with Crippen molar-refractivity contribution in [3.63, 3.8) is 0 Å². The van der Waals surface area contributed by atoms with Gasteiger partial charge in [0.05, 0.1) is 11.4 Å². The molecule has 0 aliphatic carbocycles. The second kappa shape index (κ2) is 16.1. The summed E-state index contributed by atoms with van der Waals surface area (Å²) in [5.74, 6) is 0.515. The molecule has 0 aliphatic rings. The Morgan fingerprint density at radius 3 is 1.33 bits per heavy atom. The van der Waals surface area contributed by atoms with E-state index in [0.717, 1.165) is 0 Å². The molecule has 252 valence electrons. The lowest BCUT2D eigenvalue weighted by Crippen LogP contribution is -2.39. The van der Waals surface area contributed by atoms with Gasteiger partial charge in [-0.15, -0.1) is 0 Å². The molecule has 0 fully saturated rings. The minimum absolute atomic E-state index is 0.193. The van der Waals surface area contributed by atoms with Gasteiger partial charge in [0.15, 0.2) is 11.6 Å². The summed E-state index contributed by atoms with van der Waals surface area (Å²) < 4.78 is 12.6. The summed E-state index contributed by atoms with van der Waals surface area (Å²) in [6.07, 6.45) is 3.23. The van der Waals surface area contributed by atoms with Crippen molar-refractivity contribution in [2.24, 2.45) is 9.98 Å². The normalized spacial score (nSPS) is 12.5. The molecule has 0 amide bonds. The van der Waals surface area contributed by atoms with Crippen molar-refractivity contribution in [1.29, 1.82) is 0 Å². The van der Waals surface area contributed by atoms with Crippen LogP contribution in [0, 0.1) is 0 Å². The number of rotatable bonds is 12. The Balaban J connectivity index is 1.23. The van der Waals surface area contributed by atoms with Gasteiger partial charge in [0.25, 0.3) is 0 Å². The van der Waals surface area contributed by atoms with Gasteiger partial charge in [-0.2, -0.15) is 0 Å². The highest BCUT2D eigenvalue weighted by molar-refractivity contribution is 7.13. The van der Waals surface area contributed by atoms with E-state index in [1.165, 1.54) is 0 Å². The molecule has 0 aromatic heterocycles. The molecule has 0 heterocycles. The summed E-state index contributed by atoms with van der Waals surface area (Å²) in [6, 6.07) is 42.4. The third kappa shape index (κ3) is 9.08. The fourth-order valence-corrected chi connectivity index (χ4v) is 7.19. The SMILES string of the molecule is C[Si](Cl)(Oc1ccccc1C=Nc1ccc(Cl)cc1C(=O)c1ccccc1)Oc1ccccc1C=Nc1ccc(Cl)cc1C(=O)c1ccccc1. The second-order valence-electron chi connectivity index (χ2n) is 11.3. The maximum Gasteiger partial charge on any atom is 0.566 e. The standard InChI is InChI=1S/C41H29Cl3N2O4Si/c1-51(44,49-38-18-10-8-16-30(38)26-45-36-22-20-32(42)24-34(36)40(47)28-12-4-2-5-13-28)50-39-19-11-9-17-31(39)27-46-37-23-21-33(43)25-35(37)41(48)29-14-6-3-7-15-29/h2-27H,1H3. The van der Waals surface area contributed by atoms with Gasteiger partial charge in [0.1, 0.15) is 11.5 Å². The number of carbonyl (C=O) groups is 2. The van der Waals surface area contributed by atoms with Gasteiger partial charge >= 0.3 is 7.87 Å². The average molecular weight is 748 g/mol. The number of nitrogens with zero attached hydrogens (tertiary/aromatic N) is 2. The summed E-state index contributed by atoms with van der Waals surface area (Å²) in [7, 11) is -3.42. The van der Waals surface area contributed by atoms with E-state index < -0.39 is 7.87 Å². The molecule has 0 bridgehead atoms.